The van der Waals surface area contributed by atoms with Crippen LogP contribution in [0.5, 0.6) is 0 Å². The van der Waals surface area contributed by atoms with E-state index < -0.39 is 0 Å². The molecular formula is C13H17Cl2NO2. The summed E-state index contributed by atoms with van der Waals surface area (Å²) in [5, 5.41) is 13.8. The van der Waals surface area contributed by atoms with Crippen LogP contribution >= 0.6 is 23.2 Å². The molecule has 1 saturated heterocycles. The minimum atomic E-state index is -0.135. The van der Waals surface area contributed by atoms with Crippen molar-refractivity contribution in [2.75, 3.05) is 19.8 Å². The van der Waals surface area contributed by atoms with Crippen LogP contribution < -0.4 is 5.32 Å². The number of rotatable bonds is 5. The molecule has 2 N–H and O–H groups in total. The number of benzene rings is 1. The molecule has 2 rings (SSSR count). The summed E-state index contributed by atoms with van der Waals surface area (Å²) in [6.45, 7) is 1.60. The van der Waals surface area contributed by atoms with E-state index in [2.05, 4.69) is 5.32 Å². The van der Waals surface area contributed by atoms with E-state index in [1.807, 2.05) is 6.07 Å². The third-order valence-corrected chi connectivity index (χ3v) is 3.88. The van der Waals surface area contributed by atoms with Crippen LogP contribution in [0.1, 0.15) is 24.4 Å². The zero-order valence-electron chi connectivity index (χ0n) is 10.0. The van der Waals surface area contributed by atoms with Crippen LogP contribution in [-0.2, 0) is 4.74 Å². The SMILES string of the molecule is OCC(NCC1CCCO1)c1ccc(Cl)c(Cl)c1. The van der Waals surface area contributed by atoms with Crippen molar-refractivity contribution in [3.8, 4) is 0 Å². The van der Waals surface area contributed by atoms with Gasteiger partial charge in [-0.05, 0) is 30.5 Å². The molecule has 2 atom stereocenters. The van der Waals surface area contributed by atoms with E-state index in [0.29, 0.717) is 10.0 Å². The van der Waals surface area contributed by atoms with Gasteiger partial charge in [0.25, 0.3) is 0 Å². The van der Waals surface area contributed by atoms with Crippen LogP contribution in [0.3, 0.4) is 0 Å². The van der Waals surface area contributed by atoms with Crippen molar-refractivity contribution >= 4 is 23.2 Å². The molecule has 3 nitrogen and oxygen atoms in total. The first-order chi connectivity index (χ1) is 8.70. The number of hydrogen-bond acceptors (Lipinski definition) is 3. The monoisotopic (exact) mass is 289 g/mol. The maximum absolute atomic E-state index is 9.43. The Labute approximate surface area is 117 Å². The van der Waals surface area contributed by atoms with E-state index in [1.165, 1.54) is 0 Å². The molecule has 1 aliphatic rings. The Morgan fingerprint density at radius 1 is 1.39 bits per heavy atom. The number of halogens is 2. The number of ether oxygens (including phenoxy) is 1. The summed E-state index contributed by atoms with van der Waals surface area (Å²) in [5.74, 6) is 0. The molecule has 1 aromatic rings. The Balaban J connectivity index is 1.96. The first kappa shape index (κ1) is 14.1. The standard InChI is InChI=1S/C13H17Cl2NO2/c14-11-4-3-9(6-12(11)15)13(8-17)16-7-10-2-1-5-18-10/h3-4,6,10,13,16-17H,1-2,5,7-8H2. The quantitative estimate of drug-likeness (QED) is 0.876. The van der Waals surface area contributed by atoms with Crippen molar-refractivity contribution in [2.45, 2.75) is 25.0 Å². The maximum Gasteiger partial charge on any atom is 0.0700 e. The molecule has 0 aromatic heterocycles. The maximum atomic E-state index is 9.43. The molecule has 0 spiro atoms. The average Bonchev–Trinajstić information content (AvgIpc) is 2.87. The molecule has 0 amide bonds. The van der Waals surface area contributed by atoms with Gasteiger partial charge in [-0.2, -0.15) is 0 Å². The summed E-state index contributed by atoms with van der Waals surface area (Å²) in [5.41, 5.74) is 0.935. The van der Waals surface area contributed by atoms with Gasteiger partial charge in [-0.15, -0.1) is 0 Å². The second-order valence-electron chi connectivity index (χ2n) is 4.45. The number of aliphatic hydroxyl groups is 1. The summed E-state index contributed by atoms with van der Waals surface area (Å²) in [6.07, 6.45) is 2.44. The first-order valence-corrected chi connectivity index (χ1v) is 6.87. The molecule has 0 saturated carbocycles. The van der Waals surface area contributed by atoms with Crippen LogP contribution in [0.4, 0.5) is 0 Å². The van der Waals surface area contributed by atoms with E-state index in [9.17, 15) is 5.11 Å². The Morgan fingerprint density at radius 2 is 2.22 bits per heavy atom. The fraction of sp³-hybridized carbons (Fsp3) is 0.538. The summed E-state index contributed by atoms with van der Waals surface area (Å²) in [6, 6.07) is 5.27. The minimum absolute atomic E-state index is 0.0185. The van der Waals surface area contributed by atoms with Crippen molar-refractivity contribution in [3.63, 3.8) is 0 Å². The molecule has 0 radical (unpaired) electrons. The highest BCUT2D eigenvalue weighted by atomic mass is 35.5. The average molecular weight is 290 g/mol. The molecule has 1 aliphatic heterocycles. The van der Waals surface area contributed by atoms with Gasteiger partial charge in [0.15, 0.2) is 0 Å². The summed E-state index contributed by atoms with van der Waals surface area (Å²) in [7, 11) is 0. The molecule has 0 aliphatic carbocycles. The van der Waals surface area contributed by atoms with Crippen LogP contribution in [0.25, 0.3) is 0 Å². The van der Waals surface area contributed by atoms with E-state index in [1.54, 1.807) is 12.1 Å². The molecule has 1 aromatic carbocycles. The number of nitrogens with one attached hydrogen (secondary N) is 1. The van der Waals surface area contributed by atoms with Gasteiger partial charge in [0.05, 0.1) is 28.8 Å². The summed E-state index contributed by atoms with van der Waals surface area (Å²) >= 11 is 11.9. The third-order valence-electron chi connectivity index (χ3n) is 3.14. The van der Waals surface area contributed by atoms with Crippen molar-refractivity contribution in [2.24, 2.45) is 0 Å². The second-order valence-corrected chi connectivity index (χ2v) is 5.27. The Hall–Kier alpha value is -0.320. The van der Waals surface area contributed by atoms with Gasteiger partial charge in [-0.1, -0.05) is 29.3 Å². The molecule has 1 heterocycles. The number of aliphatic hydroxyl groups excluding tert-OH is 1. The molecular weight excluding hydrogens is 273 g/mol. The van der Waals surface area contributed by atoms with Crippen LogP contribution in [0, 0.1) is 0 Å². The van der Waals surface area contributed by atoms with Crippen molar-refractivity contribution in [3.05, 3.63) is 33.8 Å². The normalized spacial score (nSPS) is 21.2. The molecule has 1 fully saturated rings. The largest absolute Gasteiger partial charge is 0.394 e. The van der Waals surface area contributed by atoms with Gasteiger partial charge in [0.1, 0.15) is 0 Å². The second kappa shape index (κ2) is 6.73. The highest BCUT2D eigenvalue weighted by Gasteiger charge is 2.18. The van der Waals surface area contributed by atoms with Gasteiger partial charge in [0.2, 0.25) is 0 Å². The van der Waals surface area contributed by atoms with E-state index in [-0.39, 0.29) is 18.8 Å². The fourth-order valence-electron chi connectivity index (χ4n) is 2.10. The number of hydrogen-bond donors (Lipinski definition) is 2. The topological polar surface area (TPSA) is 41.5 Å². The van der Waals surface area contributed by atoms with Crippen LogP contribution in [0.2, 0.25) is 10.0 Å². The predicted molar refractivity (Wildman–Crippen MR) is 73.3 cm³/mol. The van der Waals surface area contributed by atoms with Gasteiger partial charge in [-0.25, -0.2) is 0 Å². The smallest absolute Gasteiger partial charge is 0.0700 e. The zero-order chi connectivity index (χ0) is 13.0. The molecule has 18 heavy (non-hydrogen) atoms. The molecule has 0 bridgehead atoms. The minimum Gasteiger partial charge on any atom is -0.394 e. The first-order valence-electron chi connectivity index (χ1n) is 6.11. The lowest BCUT2D eigenvalue weighted by molar-refractivity contribution is 0.104. The van der Waals surface area contributed by atoms with Crippen LogP contribution in [-0.4, -0.2) is 31.0 Å². The predicted octanol–water partition coefficient (Wildman–Crippen LogP) is 2.80. The molecule has 5 heteroatoms. The van der Waals surface area contributed by atoms with E-state index in [4.69, 9.17) is 27.9 Å². The van der Waals surface area contributed by atoms with Gasteiger partial charge < -0.3 is 15.2 Å². The lowest BCUT2D eigenvalue weighted by atomic mass is 10.1. The van der Waals surface area contributed by atoms with Crippen molar-refractivity contribution in [1.82, 2.24) is 5.32 Å². The molecule has 2 unspecified atom stereocenters. The van der Waals surface area contributed by atoms with Gasteiger partial charge in [0, 0.05) is 13.2 Å². The third kappa shape index (κ3) is 3.59. The fourth-order valence-corrected chi connectivity index (χ4v) is 2.40. The van der Waals surface area contributed by atoms with Crippen molar-refractivity contribution in [1.29, 1.82) is 0 Å². The van der Waals surface area contributed by atoms with Crippen molar-refractivity contribution < 1.29 is 9.84 Å². The molecule has 100 valence electrons. The lowest BCUT2D eigenvalue weighted by Crippen LogP contribution is -2.31. The van der Waals surface area contributed by atoms with Crippen LogP contribution in [0.15, 0.2) is 18.2 Å². The Morgan fingerprint density at radius 3 is 2.83 bits per heavy atom. The highest BCUT2D eigenvalue weighted by Crippen LogP contribution is 2.25. The van der Waals surface area contributed by atoms with E-state index in [0.717, 1.165) is 31.6 Å². The lowest BCUT2D eigenvalue weighted by Gasteiger charge is -2.19. The summed E-state index contributed by atoms with van der Waals surface area (Å²) in [4.78, 5) is 0. The zero-order valence-corrected chi connectivity index (χ0v) is 11.5. The summed E-state index contributed by atoms with van der Waals surface area (Å²) < 4.78 is 5.54. The Bertz CT molecular complexity index is 395. The Kier molecular flexibility index (Phi) is 5.27. The van der Waals surface area contributed by atoms with E-state index >= 15 is 0 Å². The van der Waals surface area contributed by atoms with Gasteiger partial charge >= 0.3 is 0 Å². The highest BCUT2D eigenvalue weighted by molar-refractivity contribution is 6.42. The van der Waals surface area contributed by atoms with Gasteiger partial charge in [-0.3, -0.25) is 0 Å².